The molecule has 4 aromatic rings. The fraction of sp³-hybridized carbons (Fsp3) is 0.222. The van der Waals surface area contributed by atoms with Gasteiger partial charge in [-0.2, -0.15) is 5.10 Å². The Bertz CT molecular complexity index is 1310. The Kier molecular flexibility index (Phi) is 6.20. The number of nitrogens with one attached hydrogen (secondary N) is 1. The predicted octanol–water partition coefficient (Wildman–Crippen LogP) is 4.12. The van der Waals surface area contributed by atoms with E-state index in [0.717, 1.165) is 11.3 Å². The molecule has 1 aliphatic rings. The summed E-state index contributed by atoms with van der Waals surface area (Å²) in [7, 11) is 0. The van der Waals surface area contributed by atoms with Crippen molar-refractivity contribution in [3.63, 3.8) is 0 Å². The van der Waals surface area contributed by atoms with Crippen molar-refractivity contribution in [3.8, 4) is 5.69 Å². The summed E-state index contributed by atoms with van der Waals surface area (Å²) < 4.78 is 7.37. The lowest BCUT2D eigenvalue weighted by atomic mass is 9.96. The second-order valence-electron chi connectivity index (χ2n) is 8.76. The molecule has 2 amide bonds. The van der Waals surface area contributed by atoms with Gasteiger partial charge in [0, 0.05) is 18.5 Å². The van der Waals surface area contributed by atoms with E-state index in [1.54, 1.807) is 40.9 Å². The Balaban J connectivity index is 1.42. The van der Waals surface area contributed by atoms with E-state index < -0.39 is 6.04 Å². The third-order valence-corrected chi connectivity index (χ3v) is 6.32. The summed E-state index contributed by atoms with van der Waals surface area (Å²) in [6.07, 6.45) is 2.13. The minimum atomic E-state index is -0.671. The highest BCUT2D eigenvalue weighted by molar-refractivity contribution is 6.00. The number of aromatic nitrogens is 2. The largest absolute Gasteiger partial charge is 0.454 e. The lowest BCUT2D eigenvalue weighted by molar-refractivity contribution is -0.119. The van der Waals surface area contributed by atoms with Crippen LogP contribution in [0.25, 0.3) is 5.69 Å². The van der Waals surface area contributed by atoms with E-state index in [2.05, 4.69) is 10.4 Å². The molecule has 3 heterocycles. The maximum absolute atomic E-state index is 13.5. The van der Waals surface area contributed by atoms with Gasteiger partial charge in [0.2, 0.25) is 5.91 Å². The summed E-state index contributed by atoms with van der Waals surface area (Å²) in [5.41, 5.74) is 7.82. The molecule has 1 aliphatic heterocycles. The van der Waals surface area contributed by atoms with Crippen molar-refractivity contribution in [2.75, 3.05) is 11.9 Å². The SMILES string of the molecule is CC(N)c1ccc(C(=O)N2CC(c3ccccc3)CC2C(=O)Nc2ccnn2-c2ccccc2)o1. The van der Waals surface area contributed by atoms with E-state index in [-0.39, 0.29) is 29.5 Å². The maximum Gasteiger partial charge on any atom is 0.290 e. The molecule has 0 aliphatic carbocycles. The molecule has 35 heavy (non-hydrogen) atoms. The zero-order chi connectivity index (χ0) is 24.4. The quantitative estimate of drug-likeness (QED) is 0.442. The summed E-state index contributed by atoms with van der Waals surface area (Å²) in [4.78, 5) is 28.6. The Morgan fingerprint density at radius 3 is 2.43 bits per heavy atom. The van der Waals surface area contributed by atoms with E-state index >= 15 is 0 Å². The molecule has 1 saturated heterocycles. The summed E-state index contributed by atoms with van der Waals surface area (Å²) in [5.74, 6) is 0.672. The van der Waals surface area contributed by atoms with Crippen LogP contribution in [0, 0.1) is 0 Å². The smallest absolute Gasteiger partial charge is 0.290 e. The third kappa shape index (κ3) is 4.61. The van der Waals surface area contributed by atoms with Gasteiger partial charge in [0.1, 0.15) is 17.6 Å². The van der Waals surface area contributed by atoms with Gasteiger partial charge in [-0.25, -0.2) is 4.68 Å². The van der Waals surface area contributed by atoms with E-state index in [1.807, 2.05) is 60.7 Å². The average Bonchev–Trinajstić information content (AvgIpc) is 3.64. The summed E-state index contributed by atoms with van der Waals surface area (Å²) in [6, 6.07) is 23.6. The number of likely N-dealkylation sites (tertiary alicyclic amines) is 1. The molecule has 5 rings (SSSR count). The highest BCUT2D eigenvalue weighted by Crippen LogP contribution is 2.34. The fourth-order valence-electron chi connectivity index (χ4n) is 4.51. The van der Waals surface area contributed by atoms with Crippen molar-refractivity contribution in [2.45, 2.75) is 31.3 Å². The monoisotopic (exact) mass is 469 g/mol. The van der Waals surface area contributed by atoms with Crippen molar-refractivity contribution < 1.29 is 14.0 Å². The number of furan rings is 1. The van der Waals surface area contributed by atoms with Crippen molar-refractivity contribution in [1.82, 2.24) is 14.7 Å². The van der Waals surface area contributed by atoms with Crippen molar-refractivity contribution in [3.05, 3.63) is 102 Å². The minimum absolute atomic E-state index is 0.0257. The van der Waals surface area contributed by atoms with Crippen LogP contribution in [0.15, 0.2) is 89.5 Å². The standard InChI is InChI=1S/C27H27N5O3/c1-18(28)23-12-13-24(35-23)27(34)31-17-20(19-8-4-2-5-9-19)16-22(31)26(33)30-25-14-15-29-32(25)21-10-6-3-7-11-21/h2-15,18,20,22H,16-17,28H2,1H3,(H,30,33). The average molecular weight is 470 g/mol. The number of carbonyl (C=O) groups excluding carboxylic acids is 2. The number of amides is 2. The second-order valence-corrected chi connectivity index (χ2v) is 8.76. The molecule has 0 bridgehead atoms. The Labute approximate surface area is 203 Å². The number of carbonyl (C=O) groups is 2. The molecule has 3 N–H and O–H groups in total. The number of nitrogens with two attached hydrogens (primary N) is 1. The summed E-state index contributed by atoms with van der Waals surface area (Å²) in [6.45, 7) is 2.20. The zero-order valence-corrected chi connectivity index (χ0v) is 19.4. The number of anilines is 1. The van der Waals surface area contributed by atoms with Gasteiger partial charge in [0.15, 0.2) is 5.76 Å². The zero-order valence-electron chi connectivity index (χ0n) is 19.4. The number of para-hydroxylation sites is 1. The van der Waals surface area contributed by atoms with E-state index in [9.17, 15) is 9.59 Å². The molecular weight excluding hydrogens is 442 g/mol. The molecule has 0 spiro atoms. The van der Waals surface area contributed by atoms with Gasteiger partial charge in [0.25, 0.3) is 5.91 Å². The molecule has 3 atom stereocenters. The topological polar surface area (TPSA) is 106 Å². The van der Waals surface area contributed by atoms with Gasteiger partial charge in [-0.1, -0.05) is 48.5 Å². The fourth-order valence-corrected chi connectivity index (χ4v) is 4.51. The molecule has 0 radical (unpaired) electrons. The van der Waals surface area contributed by atoms with Crippen molar-refractivity contribution >= 4 is 17.6 Å². The van der Waals surface area contributed by atoms with Crippen LogP contribution in [0.2, 0.25) is 0 Å². The first-order chi connectivity index (χ1) is 17.0. The highest BCUT2D eigenvalue weighted by Gasteiger charge is 2.41. The lowest BCUT2D eigenvalue weighted by Crippen LogP contribution is -2.43. The van der Waals surface area contributed by atoms with Crippen LogP contribution < -0.4 is 11.1 Å². The first-order valence-electron chi connectivity index (χ1n) is 11.6. The van der Waals surface area contributed by atoms with E-state index in [4.69, 9.17) is 10.2 Å². The van der Waals surface area contributed by atoms with Crippen LogP contribution in [0.4, 0.5) is 5.82 Å². The number of hydrogen-bond donors (Lipinski definition) is 2. The molecule has 8 nitrogen and oxygen atoms in total. The molecular formula is C27H27N5O3. The van der Waals surface area contributed by atoms with E-state index in [1.165, 1.54) is 0 Å². The Hall–Kier alpha value is -4.17. The summed E-state index contributed by atoms with van der Waals surface area (Å²) in [5, 5.41) is 7.32. The Morgan fingerprint density at radius 2 is 1.74 bits per heavy atom. The lowest BCUT2D eigenvalue weighted by Gasteiger charge is -2.23. The van der Waals surface area contributed by atoms with Gasteiger partial charge in [0.05, 0.1) is 17.9 Å². The van der Waals surface area contributed by atoms with Crippen LogP contribution in [0.1, 0.15) is 47.2 Å². The van der Waals surface area contributed by atoms with Crippen LogP contribution in [0.5, 0.6) is 0 Å². The van der Waals surface area contributed by atoms with Crippen LogP contribution >= 0.6 is 0 Å². The Morgan fingerprint density at radius 1 is 1.03 bits per heavy atom. The van der Waals surface area contributed by atoms with Crippen LogP contribution in [-0.2, 0) is 4.79 Å². The third-order valence-electron chi connectivity index (χ3n) is 6.32. The van der Waals surface area contributed by atoms with Gasteiger partial charge in [-0.3, -0.25) is 9.59 Å². The maximum atomic E-state index is 13.5. The molecule has 2 aromatic heterocycles. The normalized spacial score (nSPS) is 18.4. The molecule has 178 valence electrons. The van der Waals surface area contributed by atoms with E-state index in [0.29, 0.717) is 24.5 Å². The first-order valence-corrected chi connectivity index (χ1v) is 11.6. The van der Waals surface area contributed by atoms with Gasteiger partial charge in [-0.05, 0) is 43.2 Å². The molecule has 3 unspecified atom stereocenters. The molecule has 2 aromatic carbocycles. The van der Waals surface area contributed by atoms with Crippen LogP contribution in [0.3, 0.4) is 0 Å². The number of rotatable bonds is 6. The van der Waals surface area contributed by atoms with Gasteiger partial charge in [-0.15, -0.1) is 0 Å². The molecule has 8 heteroatoms. The van der Waals surface area contributed by atoms with Crippen LogP contribution in [-0.4, -0.2) is 39.1 Å². The predicted molar refractivity (Wildman–Crippen MR) is 132 cm³/mol. The number of hydrogen-bond acceptors (Lipinski definition) is 5. The number of nitrogens with zero attached hydrogens (tertiary/aromatic N) is 3. The van der Waals surface area contributed by atoms with Gasteiger partial charge >= 0.3 is 0 Å². The van der Waals surface area contributed by atoms with Gasteiger partial charge < -0.3 is 20.4 Å². The molecule has 0 saturated carbocycles. The van der Waals surface area contributed by atoms with Crippen molar-refractivity contribution in [2.24, 2.45) is 5.73 Å². The number of benzene rings is 2. The minimum Gasteiger partial charge on any atom is -0.454 e. The summed E-state index contributed by atoms with van der Waals surface area (Å²) >= 11 is 0. The second kappa shape index (κ2) is 9.60. The van der Waals surface area contributed by atoms with Crippen molar-refractivity contribution in [1.29, 1.82) is 0 Å². The highest BCUT2D eigenvalue weighted by atomic mass is 16.4. The first kappa shape index (κ1) is 22.6. The molecule has 1 fully saturated rings.